The second-order valence-electron chi connectivity index (χ2n) is 7.42. The molecule has 3 aromatic carbocycles. The minimum absolute atomic E-state index is 0.109. The second kappa shape index (κ2) is 9.28. The number of piperazine rings is 1. The quantitative estimate of drug-likeness (QED) is 0.583. The smallest absolute Gasteiger partial charge is 0.337 e. The molecule has 0 radical (unpaired) electrons. The zero-order valence-electron chi connectivity index (χ0n) is 17.1. The van der Waals surface area contributed by atoms with Crippen molar-refractivity contribution < 1.29 is 19.1 Å². The predicted octanol–water partition coefficient (Wildman–Crippen LogP) is 4.76. The summed E-state index contributed by atoms with van der Waals surface area (Å²) in [7, 11) is 0. The van der Waals surface area contributed by atoms with Gasteiger partial charge in [-0.1, -0.05) is 23.7 Å². The molecule has 0 aromatic heterocycles. The molecule has 1 heterocycles. The van der Waals surface area contributed by atoms with Crippen molar-refractivity contribution in [3.05, 3.63) is 88.7 Å². The van der Waals surface area contributed by atoms with E-state index in [0.29, 0.717) is 48.1 Å². The van der Waals surface area contributed by atoms with Crippen molar-refractivity contribution in [3.8, 4) is 0 Å². The molecule has 1 aliphatic rings. The number of hydrogen-bond acceptors (Lipinski definition) is 4. The first-order valence-corrected chi connectivity index (χ1v) is 10.5. The van der Waals surface area contributed by atoms with E-state index in [0.717, 1.165) is 5.69 Å². The molecule has 2 N–H and O–H groups in total. The van der Waals surface area contributed by atoms with Gasteiger partial charge in [-0.25, -0.2) is 9.18 Å². The van der Waals surface area contributed by atoms with Gasteiger partial charge in [0.1, 0.15) is 5.82 Å². The largest absolute Gasteiger partial charge is 0.478 e. The summed E-state index contributed by atoms with van der Waals surface area (Å²) in [5, 5.41) is 12.8. The lowest BCUT2D eigenvalue weighted by Gasteiger charge is -2.38. The maximum atomic E-state index is 13.2. The van der Waals surface area contributed by atoms with Crippen LogP contribution < -0.4 is 15.1 Å². The van der Waals surface area contributed by atoms with E-state index in [4.69, 9.17) is 11.6 Å². The van der Waals surface area contributed by atoms with Crippen LogP contribution in [-0.4, -0.2) is 43.2 Å². The van der Waals surface area contributed by atoms with E-state index in [1.807, 2.05) is 4.90 Å². The Bertz CT molecular complexity index is 1150. The topological polar surface area (TPSA) is 72.9 Å². The summed E-state index contributed by atoms with van der Waals surface area (Å²) in [5.41, 5.74) is 2.32. The van der Waals surface area contributed by atoms with Crippen LogP contribution in [0.4, 0.5) is 21.5 Å². The van der Waals surface area contributed by atoms with E-state index >= 15 is 0 Å². The highest BCUT2D eigenvalue weighted by atomic mass is 35.5. The number of nitrogens with zero attached hydrogens (tertiary/aromatic N) is 2. The summed E-state index contributed by atoms with van der Waals surface area (Å²) in [6.45, 7) is 2.58. The van der Waals surface area contributed by atoms with Gasteiger partial charge < -0.3 is 20.2 Å². The zero-order chi connectivity index (χ0) is 22.7. The van der Waals surface area contributed by atoms with E-state index in [-0.39, 0.29) is 11.4 Å². The lowest BCUT2D eigenvalue weighted by atomic mass is 10.1. The molecule has 0 aliphatic carbocycles. The monoisotopic (exact) mass is 453 g/mol. The van der Waals surface area contributed by atoms with Gasteiger partial charge in [-0.05, 0) is 54.6 Å². The van der Waals surface area contributed by atoms with Gasteiger partial charge in [0, 0.05) is 37.6 Å². The fraction of sp³-hybridized carbons (Fsp3) is 0.167. The van der Waals surface area contributed by atoms with Crippen molar-refractivity contribution in [2.45, 2.75) is 0 Å². The van der Waals surface area contributed by atoms with Gasteiger partial charge in [-0.3, -0.25) is 4.79 Å². The van der Waals surface area contributed by atoms with Crippen LogP contribution in [-0.2, 0) is 0 Å². The van der Waals surface area contributed by atoms with Crippen molar-refractivity contribution >= 4 is 40.5 Å². The molecule has 1 fully saturated rings. The Kier molecular flexibility index (Phi) is 6.28. The van der Waals surface area contributed by atoms with E-state index in [1.54, 1.807) is 48.5 Å². The van der Waals surface area contributed by atoms with Crippen LogP contribution in [0.15, 0.2) is 66.7 Å². The maximum Gasteiger partial charge on any atom is 0.337 e. The number of rotatable bonds is 5. The summed E-state index contributed by atoms with van der Waals surface area (Å²) in [4.78, 5) is 28.6. The Morgan fingerprint density at radius 2 is 1.53 bits per heavy atom. The number of nitrogens with one attached hydrogen (secondary N) is 1. The molecule has 0 unspecified atom stereocenters. The number of carbonyl (C=O) groups excluding carboxylic acids is 1. The molecule has 3 aromatic rings. The molecule has 1 saturated heterocycles. The van der Waals surface area contributed by atoms with Crippen molar-refractivity contribution in [2.75, 3.05) is 41.3 Å². The summed E-state index contributed by atoms with van der Waals surface area (Å²) < 4.78 is 13.2. The minimum Gasteiger partial charge on any atom is -0.478 e. The van der Waals surface area contributed by atoms with Gasteiger partial charge in [-0.2, -0.15) is 0 Å². The standard InChI is InChI=1S/C24H21ClFN3O3/c25-21-4-2-1-3-19(21)23(30)27-17-7-10-22(20(15-17)24(31)32)29-13-11-28(12-14-29)18-8-5-16(26)6-9-18/h1-10,15H,11-14H2,(H,27,30)(H,31,32). The Hall–Kier alpha value is -3.58. The third-order valence-electron chi connectivity index (χ3n) is 5.42. The van der Waals surface area contributed by atoms with Gasteiger partial charge in [-0.15, -0.1) is 0 Å². The average Bonchev–Trinajstić information content (AvgIpc) is 2.80. The Labute approximate surface area is 189 Å². The fourth-order valence-corrected chi connectivity index (χ4v) is 3.98. The molecule has 0 spiro atoms. The van der Waals surface area contributed by atoms with E-state index in [9.17, 15) is 19.1 Å². The SMILES string of the molecule is O=C(Nc1ccc(N2CCN(c3ccc(F)cc3)CC2)c(C(=O)O)c1)c1ccccc1Cl. The van der Waals surface area contributed by atoms with Crippen LogP contribution in [0.3, 0.4) is 0 Å². The van der Waals surface area contributed by atoms with Gasteiger partial charge in [0.25, 0.3) is 5.91 Å². The van der Waals surface area contributed by atoms with E-state index in [2.05, 4.69) is 10.2 Å². The van der Waals surface area contributed by atoms with Crippen LogP contribution >= 0.6 is 11.6 Å². The predicted molar refractivity (Wildman–Crippen MR) is 124 cm³/mol. The molecule has 32 heavy (non-hydrogen) atoms. The van der Waals surface area contributed by atoms with Crippen LogP contribution in [0.1, 0.15) is 20.7 Å². The third-order valence-corrected chi connectivity index (χ3v) is 5.75. The second-order valence-corrected chi connectivity index (χ2v) is 7.83. The summed E-state index contributed by atoms with van der Waals surface area (Å²) in [5.74, 6) is -1.76. The number of carboxylic acids is 1. The molecule has 8 heteroatoms. The summed E-state index contributed by atoms with van der Waals surface area (Å²) >= 11 is 6.07. The fourth-order valence-electron chi connectivity index (χ4n) is 3.76. The number of halogens is 2. The van der Waals surface area contributed by atoms with Gasteiger partial charge >= 0.3 is 5.97 Å². The van der Waals surface area contributed by atoms with E-state index < -0.39 is 11.9 Å². The van der Waals surface area contributed by atoms with Crippen LogP contribution in [0.2, 0.25) is 5.02 Å². The number of carboxylic acid groups (broad SMARTS) is 1. The lowest BCUT2D eigenvalue weighted by Crippen LogP contribution is -2.47. The van der Waals surface area contributed by atoms with Gasteiger partial charge in [0.2, 0.25) is 0 Å². The summed E-state index contributed by atoms with van der Waals surface area (Å²) in [6, 6.07) is 17.8. The van der Waals surface area contributed by atoms with Gasteiger partial charge in [0.15, 0.2) is 0 Å². The molecule has 4 rings (SSSR count). The highest BCUT2D eigenvalue weighted by Crippen LogP contribution is 2.28. The van der Waals surface area contributed by atoms with Crippen molar-refractivity contribution in [2.24, 2.45) is 0 Å². The highest BCUT2D eigenvalue weighted by Gasteiger charge is 2.22. The first-order chi connectivity index (χ1) is 15.4. The number of amides is 1. The molecule has 1 amide bonds. The van der Waals surface area contributed by atoms with Crippen LogP contribution in [0.5, 0.6) is 0 Å². The van der Waals surface area contributed by atoms with Gasteiger partial charge in [0.05, 0.1) is 21.8 Å². The number of aromatic carboxylic acids is 1. The lowest BCUT2D eigenvalue weighted by molar-refractivity contribution is 0.0697. The van der Waals surface area contributed by atoms with Crippen molar-refractivity contribution in [1.82, 2.24) is 0 Å². The molecule has 164 valence electrons. The molecular formula is C24H21ClFN3O3. The normalized spacial score (nSPS) is 13.7. The molecule has 6 nitrogen and oxygen atoms in total. The first kappa shape index (κ1) is 21.6. The first-order valence-electron chi connectivity index (χ1n) is 10.1. The maximum absolute atomic E-state index is 13.2. The van der Waals surface area contributed by atoms with E-state index in [1.165, 1.54) is 18.2 Å². The summed E-state index contributed by atoms with van der Waals surface area (Å²) in [6.07, 6.45) is 0. The minimum atomic E-state index is -1.07. The zero-order valence-corrected chi connectivity index (χ0v) is 17.8. The van der Waals surface area contributed by atoms with Crippen molar-refractivity contribution in [3.63, 3.8) is 0 Å². The number of benzene rings is 3. The molecular weight excluding hydrogens is 433 g/mol. The highest BCUT2D eigenvalue weighted by molar-refractivity contribution is 6.34. The molecule has 0 atom stereocenters. The molecule has 0 bridgehead atoms. The molecule has 0 saturated carbocycles. The van der Waals surface area contributed by atoms with Crippen LogP contribution in [0, 0.1) is 5.82 Å². The molecule has 1 aliphatic heterocycles. The van der Waals surface area contributed by atoms with Crippen molar-refractivity contribution in [1.29, 1.82) is 0 Å². The Morgan fingerprint density at radius 1 is 0.875 bits per heavy atom. The number of carbonyl (C=O) groups is 2. The Morgan fingerprint density at radius 3 is 2.19 bits per heavy atom. The van der Waals surface area contributed by atoms with Crippen LogP contribution in [0.25, 0.3) is 0 Å². The Balaban J connectivity index is 1.49. The third kappa shape index (κ3) is 4.68. The number of anilines is 3. The number of hydrogen-bond donors (Lipinski definition) is 2. The average molecular weight is 454 g/mol.